The molecule has 3 N–H and O–H groups in total. The van der Waals surface area contributed by atoms with Gasteiger partial charge in [0.15, 0.2) is 5.17 Å². The summed E-state index contributed by atoms with van der Waals surface area (Å²) in [5, 5.41) is 3.06. The second-order valence-corrected chi connectivity index (χ2v) is 6.79. The molecule has 8 heteroatoms. The summed E-state index contributed by atoms with van der Waals surface area (Å²) in [5.74, 6) is 2.69. The highest BCUT2D eigenvalue weighted by Gasteiger charge is 2.36. The maximum absolute atomic E-state index is 13.8. The molecule has 6 nitrogen and oxygen atoms in total. The standard InChI is InChI=1S/C18H16FN5OS/c1-2-12-3-4-14(22-10-12)16(25)23-13-5-7-21-15(9-13)18(11-19)6-8-26-17(20)24-18/h1,3-5,7,9-10H,6,8,11H2,(H2,20,24)(H,21,23,25)/t18-/m1/s1. The molecule has 1 aliphatic heterocycles. The van der Waals surface area contributed by atoms with Gasteiger partial charge < -0.3 is 11.1 Å². The molecule has 3 heterocycles. The predicted octanol–water partition coefficient (Wildman–Crippen LogP) is 2.33. The van der Waals surface area contributed by atoms with Crippen LogP contribution in [0.2, 0.25) is 0 Å². The lowest BCUT2D eigenvalue weighted by Gasteiger charge is -2.30. The van der Waals surface area contributed by atoms with Crippen LogP contribution in [0.4, 0.5) is 10.1 Å². The number of thioether (sulfide) groups is 1. The van der Waals surface area contributed by atoms with Crippen LogP contribution in [0.15, 0.2) is 41.7 Å². The van der Waals surface area contributed by atoms with Crippen LogP contribution >= 0.6 is 11.8 Å². The molecule has 132 valence electrons. The Kier molecular flexibility index (Phi) is 5.19. The van der Waals surface area contributed by atoms with Crippen LogP contribution in [-0.4, -0.2) is 33.5 Å². The number of pyridine rings is 2. The summed E-state index contributed by atoms with van der Waals surface area (Å²) in [6.45, 7) is -0.715. The Morgan fingerprint density at radius 2 is 2.27 bits per heavy atom. The first-order valence-electron chi connectivity index (χ1n) is 7.81. The van der Waals surface area contributed by atoms with Gasteiger partial charge in [-0.05, 0) is 30.7 Å². The SMILES string of the molecule is C#Cc1ccc(C(=O)Nc2ccnc([C@]3(CF)CCSC(N)=N3)c2)nc1. The maximum Gasteiger partial charge on any atom is 0.274 e. The molecular weight excluding hydrogens is 353 g/mol. The van der Waals surface area contributed by atoms with E-state index < -0.39 is 18.1 Å². The molecule has 0 aliphatic carbocycles. The lowest BCUT2D eigenvalue weighted by Crippen LogP contribution is -2.34. The van der Waals surface area contributed by atoms with Crippen molar-refractivity contribution in [2.45, 2.75) is 12.0 Å². The summed E-state index contributed by atoms with van der Waals surface area (Å²) < 4.78 is 13.8. The Labute approximate surface area is 154 Å². The van der Waals surface area contributed by atoms with Crippen LogP contribution in [0, 0.1) is 12.3 Å². The summed E-state index contributed by atoms with van der Waals surface area (Å²) in [7, 11) is 0. The van der Waals surface area contributed by atoms with E-state index >= 15 is 0 Å². The van der Waals surface area contributed by atoms with Crippen molar-refractivity contribution in [1.29, 1.82) is 0 Å². The lowest BCUT2D eigenvalue weighted by atomic mass is 9.93. The molecule has 1 amide bonds. The second-order valence-electron chi connectivity index (χ2n) is 5.67. The van der Waals surface area contributed by atoms with Crippen molar-refractivity contribution >= 4 is 28.5 Å². The molecule has 2 aromatic rings. The number of aromatic nitrogens is 2. The summed E-state index contributed by atoms with van der Waals surface area (Å²) in [6.07, 6.45) is 8.71. The Bertz CT molecular complexity index is 893. The monoisotopic (exact) mass is 369 g/mol. The van der Waals surface area contributed by atoms with Gasteiger partial charge in [0.25, 0.3) is 5.91 Å². The number of nitrogens with two attached hydrogens (primary N) is 1. The molecule has 0 unspecified atom stereocenters. The van der Waals surface area contributed by atoms with E-state index in [0.29, 0.717) is 34.3 Å². The topological polar surface area (TPSA) is 93.3 Å². The number of alkyl halides is 1. The minimum atomic E-state index is -1.11. The van der Waals surface area contributed by atoms with E-state index in [1.54, 1.807) is 24.3 Å². The Hall–Kier alpha value is -2.92. The van der Waals surface area contributed by atoms with Crippen molar-refractivity contribution in [2.75, 3.05) is 17.7 Å². The van der Waals surface area contributed by atoms with Crippen LogP contribution in [0.25, 0.3) is 0 Å². The van der Waals surface area contributed by atoms with Crippen LogP contribution in [0.5, 0.6) is 0 Å². The van der Waals surface area contributed by atoms with Gasteiger partial charge in [0.05, 0.1) is 5.69 Å². The zero-order chi connectivity index (χ0) is 18.6. The summed E-state index contributed by atoms with van der Waals surface area (Å²) >= 11 is 1.39. The van der Waals surface area contributed by atoms with Gasteiger partial charge in [0.2, 0.25) is 0 Å². The highest BCUT2D eigenvalue weighted by molar-refractivity contribution is 8.13. The summed E-state index contributed by atoms with van der Waals surface area (Å²) in [4.78, 5) is 24.9. The number of amides is 1. The maximum atomic E-state index is 13.8. The zero-order valence-electron chi connectivity index (χ0n) is 13.8. The number of aliphatic imine (C=N–C) groups is 1. The van der Waals surface area contributed by atoms with E-state index in [1.165, 1.54) is 24.2 Å². The second kappa shape index (κ2) is 7.54. The Morgan fingerprint density at radius 1 is 1.42 bits per heavy atom. The number of hydrogen-bond acceptors (Lipinski definition) is 6. The average molecular weight is 369 g/mol. The number of anilines is 1. The first kappa shape index (κ1) is 17.9. The van der Waals surface area contributed by atoms with Crippen LogP contribution in [0.1, 0.15) is 28.2 Å². The van der Waals surface area contributed by atoms with Gasteiger partial charge in [-0.15, -0.1) is 6.42 Å². The highest BCUT2D eigenvalue weighted by Crippen LogP contribution is 2.35. The smallest absolute Gasteiger partial charge is 0.274 e. The number of hydrogen-bond donors (Lipinski definition) is 2. The van der Waals surface area contributed by atoms with Crippen molar-refractivity contribution in [3.05, 3.63) is 53.6 Å². The number of terminal acetylenes is 1. The third-order valence-electron chi connectivity index (χ3n) is 3.97. The third kappa shape index (κ3) is 3.68. The number of rotatable bonds is 4. The van der Waals surface area contributed by atoms with Gasteiger partial charge in [-0.2, -0.15) is 0 Å². The van der Waals surface area contributed by atoms with Crippen molar-refractivity contribution in [1.82, 2.24) is 9.97 Å². The van der Waals surface area contributed by atoms with Gasteiger partial charge in [-0.25, -0.2) is 14.4 Å². The summed E-state index contributed by atoms with van der Waals surface area (Å²) in [6, 6.07) is 6.40. The number of amidine groups is 1. The molecule has 0 saturated heterocycles. The molecule has 26 heavy (non-hydrogen) atoms. The quantitative estimate of drug-likeness (QED) is 0.807. The van der Waals surface area contributed by atoms with Gasteiger partial charge in [-0.3, -0.25) is 9.78 Å². The van der Waals surface area contributed by atoms with Crippen molar-refractivity contribution in [3.63, 3.8) is 0 Å². The first-order chi connectivity index (χ1) is 12.6. The van der Waals surface area contributed by atoms with E-state index in [4.69, 9.17) is 12.2 Å². The van der Waals surface area contributed by atoms with Gasteiger partial charge in [-0.1, -0.05) is 17.7 Å². The van der Waals surface area contributed by atoms with Crippen molar-refractivity contribution < 1.29 is 9.18 Å². The number of carbonyl (C=O) groups excluding carboxylic acids is 1. The van der Waals surface area contributed by atoms with E-state index in [0.717, 1.165) is 0 Å². The van der Waals surface area contributed by atoms with Gasteiger partial charge >= 0.3 is 0 Å². The van der Waals surface area contributed by atoms with Crippen LogP contribution in [-0.2, 0) is 5.54 Å². The molecule has 0 bridgehead atoms. The third-order valence-corrected chi connectivity index (χ3v) is 4.76. The van der Waals surface area contributed by atoms with Gasteiger partial charge in [0.1, 0.15) is 17.9 Å². The fourth-order valence-corrected chi connectivity index (χ4v) is 3.43. The molecule has 0 radical (unpaired) electrons. The molecular formula is C18H16FN5OS. The van der Waals surface area contributed by atoms with E-state index in [9.17, 15) is 9.18 Å². The molecule has 0 spiro atoms. The predicted molar refractivity (Wildman–Crippen MR) is 101 cm³/mol. The number of nitrogens with zero attached hydrogens (tertiary/aromatic N) is 3. The van der Waals surface area contributed by atoms with E-state index in [-0.39, 0.29) is 5.69 Å². The fourth-order valence-electron chi connectivity index (χ4n) is 2.55. The minimum Gasteiger partial charge on any atom is -0.379 e. The Balaban J connectivity index is 1.84. The lowest BCUT2D eigenvalue weighted by molar-refractivity contribution is 0.102. The molecule has 1 aliphatic rings. The van der Waals surface area contributed by atoms with Crippen molar-refractivity contribution in [3.8, 4) is 12.3 Å². The van der Waals surface area contributed by atoms with Crippen molar-refractivity contribution in [2.24, 2.45) is 10.7 Å². The first-order valence-corrected chi connectivity index (χ1v) is 8.79. The summed E-state index contributed by atoms with van der Waals surface area (Å²) in [5.41, 5.74) is 6.37. The molecule has 1 atom stereocenters. The van der Waals surface area contributed by atoms with E-state index in [2.05, 4.69) is 26.2 Å². The molecule has 0 aromatic carbocycles. The largest absolute Gasteiger partial charge is 0.379 e. The van der Waals surface area contributed by atoms with E-state index in [1.807, 2.05) is 0 Å². The van der Waals surface area contributed by atoms with Crippen LogP contribution < -0.4 is 11.1 Å². The molecule has 0 saturated carbocycles. The van der Waals surface area contributed by atoms with Gasteiger partial charge in [0, 0.05) is 29.4 Å². The fraction of sp³-hybridized carbons (Fsp3) is 0.222. The zero-order valence-corrected chi connectivity index (χ0v) is 14.6. The number of nitrogens with one attached hydrogen (secondary N) is 1. The number of carbonyl (C=O) groups is 1. The highest BCUT2D eigenvalue weighted by atomic mass is 32.2. The molecule has 0 fully saturated rings. The number of halogens is 1. The molecule has 2 aromatic heterocycles. The van der Waals surface area contributed by atoms with Crippen LogP contribution in [0.3, 0.4) is 0 Å². The average Bonchev–Trinajstić information content (AvgIpc) is 2.68. The minimum absolute atomic E-state index is 0.221. The normalized spacial score (nSPS) is 19.3. The molecule has 3 rings (SSSR count). The Morgan fingerprint density at radius 3 is 2.92 bits per heavy atom.